The first-order valence-electron chi connectivity index (χ1n) is 7.16. The van der Waals surface area contributed by atoms with E-state index in [9.17, 15) is 4.79 Å². The molecule has 0 saturated carbocycles. The molecule has 1 fully saturated rings. The molecule has 1 aliphatic rings. The van der Waals surface area contributed by atoms with Gasteiger partial charge in [0.25, 0.3) is 0 Å². The van der Waals surface area contributed by atoms with Crippen molar-refractivity contribution in [1.29, 1.82) is 0 Å². The zero-order chi connectivity index (χ0) is 16.2. The lowest BCUT2D eigenvalue weighted by molar-refractivity contribution is 0.142. The van der Waals surface area contributed by atoms with Crippen LogP contribution in [0.3, 0.4) is 0 Å². The van der Waals surface area contributed by atoms with Crippen molar-refractivity contribution in [3.63, 3.8) is 0 Å². The number of carboxylic acid groups (broad SMARTS) is 1. The first-order chi connectivity index (χ1) is 11.1. The van der Waals surface area contributed by atoms with Crippen molar-refractivity contribution < 1.29 is 9.90 Å². The molecule has 0 aliphatic carbocycles. The summed E-state index contributed by atoms with van der Waals surface area (Å²) >= 11 is 3.39. The Labute approximate surface area is 141 Å². The van der Waals surface area contributed by atoms with Gasteiger partial charge in [0.05, 0.1) is 17.9 Å². The Morgan fingerprint density at radius 3 is 2.87 bits per heavy atom. The Hall–Kier alpha value is -2.29. The summed E-state index contributed by atoms with van der Waals surface area (Å²) < 4.78 is 0.568. The van der Waals surface area contributed by atoms with Gasteiger partial charge in [0.15, 0.2) is 5.82 Å². The highest BCUT2D eigenvalue weighted by Crippen LogP contribution is 2.23. The van der Waals surface area contributed by atoms with Gasteiger partial charge in [-0.05, 0) is 28.8 Å². The van der Waals surface area contributed by atoms with Crippen LogP contribution in [-0.4, -0.2) is 55.2 Å². The number of nitrogens with zero attached hydrogens (tertiary/aromatic N) is 5. The number of hydrogen-bond donors (Lipinski definition) is 2. The van der Waals surface area contributed by atoms with Gasteiger partial charge in [0.1, 0.15) is 10.9 Å². The van der Waals surface area contributed by atoms with Crippen LogP contribution in [0, 0.1) is 0 Å². The van der Waals surface area contributed by atoms with Gasteiger partial charge in [-0.25, -0.2) is 24.7 Å². The van der Waals surface area contributed by atoms with E-state index in [0.717, 1.165) is 18.4 Å². The lowest BCUT2D eigenvalue weighted by atomic mass is 10.2. The summed E-state index contributed by atoms with van der Waals surface area (Å²) in [6.07, 6.45) is 7.29. The van der Waals surface area contributed by atoms with Gasteiger partial charge >= 0.3 is 6.09 Å². The largest absolute Gasteiger partial charge is 0.465 e. The van der Waals surface area contributed by atoms with E-state index < -0.39 is 6.09 Å². The van der Waals surface area contributed by atoms with Crippen LogP contribution in [0.2, 0.25) is 0 Å². The molecule has 23 heavy (non-hydrogen) atoms. The number of hydrogen-bond acceptors (Lipinski definition) is 6. The maximum atomic E-state index is 11.1. The number of carbonyl (C=O) groups is 1. The second-order valence-electron chi connectivity index (χ2n) is 5.17. The molecule has 0 unspecified atom stereocenters. The normalized spacial score (nSPS) is 17.3. The summed E-state index contributed by atoms with van der Waals surface area (Å²) in [7, 11) is 0. The van der Waals surface area contributed by atoms with Gasteiger partial charge in [-0.15, -0.1) is 0 Å². The third kappa shape index (κ3) is 3.55. The van der Waals surface area contributed by atoms with Crippen molar-refractivity contribution in [3.05, 3.63) is 29.5 Å². The van der Waals surface area contributed by atoms with Crippen molar-refractivity contribution in [2.75, 3.05) is 18.4 Å². The fraction of sp³-hybridized carbons (Fsp3) is 0.357. The molecule has 0 aromatic carbocycles. The lowest BCUT2D eigenvalue weighted by Crippen LogP contribution is -2.38. The fourth-order valence-electron chi connectivity index (χ4n) is 2.57. The van der Waals surface area contributed by atoms with Crippen LogP contribution < -0.4 is 5.32 Å². The van der Waals surface area contributed by atoms with E-state index in [1.165, 1.54) is 11.2 Å². The SMILES string of the molecule is O=C(O)N1CCC[C@H]1CNc1ncc(-c2cncnc2)nc1Br. The van der Waals surface area contributed by atoms with Crippen LogP contribution in [0.5, 0.6) is 0 Å². The first-order valence-corrected chi connectivity index (χ1v) is 7.96. The van der Waals surface area contributed by atoms with Gasteiger partial charge in [-0.1, -0.05) is 0 Å². The van der Waals surface area contributed by atoms with Crippen molar-refractivity contribution in [3.8, 4) is 11.3 Å². The molecule has 1 atom stereocenters. The highest BCUT2D eigenvalue weighted by Gasteiger charge is 2.28. The summed E-state index contributed by atoms with van der Waals surface area (Å²) in [5.74, 6) is 0.586. The van der Waals surface area contributed by atoms with Crippen molar-refractivity contribution in [1.82, 2.24) is 24.8 Å². The summed E-state index contributed by atoms with van der Waals surface area (Å²) in [5.41, 5.74) is 1.44. The van der Waals surface area contributed by atoms with E-state index in [1.54, 1.807) is 18.6 Å². The molecule has 9 heteroatoms. The van der Waals surface area contributed by atoms with E-state index in [0.29, 0.717) is 29.2 Å². The molecule has 3 heterocycles. The Morgan fingerprint density at radius 2 is 2.17 bits per heavy atom. The van der Waals surface area contributed by atoms with Crippen LogP contribution in [0.25, 0.3) is 11.3 Å². The molecular weight excluding hydrogens is 364 g/mol. The van der Waals surface area contributed by atoms with Crippen molar-refractivity contribution >= 4 is 27.8 Å². The highest BCUT2D eigenvalue weighted by molar-refractivity contribution is 9.10. The summed E-state index contributed by atoms with van der Waals surface area (Å²) in [6, 6.07) is -0.0385. The molecule has 1 aliphatic heterocycles. The first kappa shape index (κ1) is 15.6. The standard InChI is InChI=1S/C14H15BrN6O2/c15-12-13(18-6-10-2-1-3-21(10)14(22)23)19-7-11(20-12)9-4-16-8-17-5-9/h4-5,7-8,10H,1-3,6H2,(H,18,19)(H,22,23)/t10-/m0/s1. The van der Waals surface area contributed by atoms with Gasteiger partial charge in [-0.3, -0.25) is 0 Å². The topological polar surface area (TPSA) is 104 Å². The molecule has 0 bridgehead atoms. The van der Waals surface area contributed by atoms with E-state index in [1.807, 2.05) is 0 Å². The predicted molar refractivity (Wildman–Crippen MR) is 87.0 cm³/mol. The van der Waals surface area contributed by atoms with Crippen LogP contribution >= 0.6 is 15.9 Å². The van der Waals surface area contributed by atoms with Gasteiger partial charge in [-0.2, -0.15) is 0 Å². The molecule has 8 nitrogen and oxygen atoms in total. The molecule has 1 saturated heterocycles. The Bertz CT molecular complexity index is 699. The summed E-state index contributed by atoms with van der Waals surface area (Å²) in [4.78, 5) is 29.3. The molecule has 0 spiro atoms. The van der Waals surface area contributed by atoms with Crippen LogP contribution in [-0.2, 0) is 0 Å². The third-order valence-electron chi connectivity index (χ3n) is 3.71. The number of rotatable bonds is 4. The zero-order valence-corrected chi connectivity index (χ0v) is 13.8. The van der Waals surface area contributed by atoms with Crippen molar-refractivity contribution in [2.45, 2.75) is 18.9 Å². The number of nitrogens with one attached hydrogen (secondary N) is 1. The maximum absolute atomic E-state index is 11.1. The van der Waals surface area contributed by atoms with Gasteiger partial charge in [0, 0.05) is 31.0 Å². The zero-order valence-electron chi connectivity index (χ0n) is 12.2. The van der Waals surface area contributed by atoms with Gasteiger partial charge in [0.2, 0.25) is 0 Å². The number of halogens is 1. The number of amides is 1. The summed E-state index contributed by atoms with van der Waals surface area (Å²) in [6.45, 7) is 1.09. The molecule has 1 amide bonds. The molecule has 2 aromatic heterocycles. The molecule has 0 radical (unpaired) electrons. The quantitative estimate of drug-likeness (QED) is 0.840. The lowest BCUT2D eigenvalue weighted by Gasteiger charge is -2.22. The van der Waals surface area contributed by atoms with Crippen molar-refractivity contribution in [2.24, 2.45) is 0 Å². The second-order valence-corrected chi connectivity index (χ2v) is 5.93. The van der Waals surface area contributed by atoms with Crippen LogP contribution in [0.4, 0.5) is 10.6 Å². The van der Waals surface area contributed by atoms with E-state index >= 15 is 0 Å². The average molecular weight is 379 g/mol. The minimum atomic E-state index is -0.876. The fourth-order valence-corrected chi connectivity index (χ4v) is 3.00. The monoisotopic (exact) mass is 378 g/mol. The summed E-state index contributed by atoms with van der Waals surface area (Å²) in [5, 5.41) is 12.3. The Morgan fingerprint density at radius 1 is 1.39 bits per heavy atom. The maximum Gasteiger partial charge on any atom is 0.407 e. The van der Waals surface area contributed by atoms with Crippen LogP contribution in [0.1, 0.15) is 12.8 Å². The second kappa shape index (κ2) is 6.86. The number of aromatic nitrogens is 4. The smallest absolute Gasteiger partial charge is 0.407 e. The highest BCUT2D eigenvalue weighted by atomic mass is 79.9. The third-order valence-corrected chi connectivity index (χ3v) is 4.27. The number of anilines is 1. The van der Waals surface area contributed by atoms with E-state index in [-0.39, 0.29) is 6.04 Å². The minimum absolute atomic E-state index is 0.0385. The molecular formula is C14H15BrN6O2. The Balaban J connectivity index is 1.68. The molecule has 120 valence electrons. The minimum Gasteiger partial charge on any atom is -0.465 e. The molecule has 3 rings (SSSR count). The Kier molecular flexibility index (Phi) is 4.65. The van der Waals surface area contributed by atoms with Gasteiger partial charge < -0.3 is 15.3 Å². The number of likely N-dealkylation sites (tertiary alicyclic amines) is 1. The predicted octanol–water partition coefficient (Wildman–Crippen LogP) is 2.25. The van der Waals surface area contributed by atoms with E-state index in [4.69, 9.17) is 5.11 Å². The van der Waals surface area contributed by atoms with E-state index in [2.05, 4.69) is 41.2 Å². The average Bonchev–Trinajstić information content (AvgIpc) is 3.03. The molecule has 2 aromatic rings. The van der Waals surface area contributed by atoms with Crippen LogP contribution in [0.15, 0.2) is 29.5 Å². The molecule has 2 N–H and O–H groups in total.